The van der Waals surface area contributed by atoms with Crippen LogP contribution in [0.2, 0.25) is 0 Å². The summed E-state index contributed by atoms with van der Waals surface area (Å²) >= 11 is 5.92. The molecule has 0 bridgehead atoms. The summed E-state index contributed by atoms with van der Waals surface area (Å²) in [7, 11) is 1.62. The van der Waals surface area contributed by atoms with E-state index in [-0.39, 0.29) is 0 Å². The standard InChI is InChI=1S/C17H16NO2PS/c1-12-8-9-15-14(10-12)17(16(11-19)18-15)21(22,20-2)13-6-4-3-5-7-13/h3-11,18H,1-2H3. The predicted molar refractivity (Wildman–Crippen MR) is 95.4 cm³/mol. The van der Waals surface area contributed by atoms with Gasteiger partial charge in [-0.15, -0.1) is 0 Å². The van der Waals surface area contributed by atoms with Gasteiger partial charge < -0.3 is 9.51 Å². The summed E-state index contributed by atoms with van der Waals surface area (Å²) in [5.41, 5.74) is 2.54. The number of hydrogen-bond acceptors (Lipinski definition) is 3. The van der Waals surface area contributed by atoms with Gasteiger partial charge in [0.25, 0.3) is 0 Å². The van der Waals surface area contributed by atoms with E-state index >= 15 is 0 Å². The lowest BCUT2D eigenvalue weighted by atomic mass is 10.2. The minimum absolute atomic E-state index is 0.509. The number of rotatable bonds is 4. The van der Waals surface area contributed by atoms with Crippen molar-refractivity contribution in [2.75, 3.05) is 7.11 Å². The highest BCUT2D eigenvalue weighted by molar-refractivity contribution is 8.19. The highest BCUT2D eigenvalue weighted by atomic mass is 32.4. The Balaban J connectivity index is 2.38. The van der Waals surface area contributed by atoms with Crippen molar-refractivity contribution in [2.24, 2.45) is 0 Å². The first-order valence-corrected chi connectivity index (χ1v) is 9.61. The molecule has 3 aromatic rings. The number of carbonyl (C=O) groups excluding carboxylic acids is 1. The first-order valence-electron chi connectivity index (χ1n) is 6.89. The van der Waals surface area contributed by atoms with Crippen LogP contribution in [0.5, 0.6) is 0 Å². The van der Waals surface area contributed by atoms with Gasteiger partial charge in [0.05, 0.1) is 11.0 Å². The van der Waals surface area contributed by atoms with Crippen molar-refractivity contribution in [3.05, 3.63) is 59.8 Å². The summed E-state index contributed by atoms with van der Waals surface area (Å²) in [6, 6.07) is 15.8. The lowest BCUT2D eigenvalue weighted by molar-refractivity contribution is 0.112. The second-order valence-electron chi connectivity index (χ2n) is 5.12. The first-order chi connectivity index (χ1) is 10.6. The minimum Gasteiger partial charge on any atom is -0.352 e. The van der Waals surface area contributed by atoms with E-state index < -0.39 is 6.26 Å². The Hall–Kier alpha value is -1.74. The summed E-state index contributed by atoms with van der Waals surface area (Å²) in [6.07, 6.45) is -1.68. The molecule has 112 valence electrons. The summed E-state index contributed by atoms with van der Waals surface area (Å²) in [5.74, 6) is 0. The number of aldehydes is 1. The molecule has 0 amide bonds. The Morgan fingerprint density at radius 2 is 1.91 bits per heavy atom. The predicted octanol–water partition coefficient (Wildman–Crippen LogP) is 3.28. The number of carbonyl (C=O) groups is 1. The molecule has 0 aliphatic rings. The molecule has 0 fully saturated rings. The summed E-state index contributed by atoms with van der Waals surface area (Å²) in [4.78, 5) is 14.7. The van der Waals surface area contributed by atoms with E-state index in [0.29, 0.717) is 5.69 Å². The monoisotopic (exact) mass is 329 g/mol. The van der Waals surface area contributed by atoms with E-state index in [1.54, 1.807) is 7.11 Å². The molecule has 1 N–H and O–H groups in total. The maximum absolute atomic E-state index is 11.6. The van der Waals surface area contributed by atoms with E-state index in [4.69, 9.17) is 16.3 Å². The number of aromatic nitrogens is 1. The lowest BCUT2D eigenvalue weighted by Crippen LogP contribution is -2.19. The van der Waals surface area contributed by atoms with Crippen LogP contribution in [0.3, 0.4) is 0 Å². The molecule has 0 spiro atoms. The summed E-state index contributed by atoms with van der Waals surface area (Å²) < 4.78 is 5.81. The van der Waals surface area contributed by atoms with Crippen LogP contribution >= 0.6 is 6.26 Å². The third-order valence-corrected chi connectivity index (χ3v) is 7.91. The number of aromatic amines is 1. The highest BCUT2D eigenvalue weighted by Gasteiger charge is 2.28. The van der Waals surface area contributed by atoms with Gasteiger partial charge in [0.1, 0.15) is 6.26 Å². The molecule has 1 aromatic heterocycles. The number of nitrogens with one attached hydrogen (secondary N) is 1. The van der Waals surface area contributed by atoms with Crippen molar-refractivity contribution in [3.63, 3.8) is 0 Å². The largest absolute Gasteiger partial charge is 0.352 e. The minimum atomic E-state index is -2.51. The Morgan fingerprint density at radius 3 is 2.55 bits per heavy atom. The van der Waals surface area contributed by atoms with Crippen molar-refractivity contribution in [2.45, 2.75) is 6.92 Å². The average molecular weight is 329 g/mol. The van der Waals surface area contributed by atoms with Crippen LogP contribution in [-0.2, 0) is 16.3 Å². The first kappa shape index (κ1) is 15.2. The molecule has 22 heavy (non-hydrogen) atoms. The molecule has 5 heteroatoms. The molecule has 0 radical (unpaired) electrons. The molecule has 3 nitrogen and oxygen atoms in total. The second kappa shape index (κ2) is 5.81. The zero-order valence-corrected chi connectivity index (χ0v) is 14.1. The second-order valence-corrected chi connectivity index (χ2v) is 9.10. The summed E-state index contributed by atoms with van der Waals surface area (Å²) in [6.45, 7) is 2.02. The van der Waals surface area contributed by atoms with Crippen LogP contribution < -0.4 is 10.6 Å². The number of aryl methyl sites for hydroxylation is 1. The number of fused-ring (bicyclic) bond motifs is 1. The topological polar surface area (TPSA) is 42.1 Å². The third-order valence-electron chi connectivity index (χ3n) is 3.72. The van der Waals surface area contributed by atoms with Crippen LogP contribution in [-0.4, -0.2) is 18.4 Å². The van der Waals surface area contributed by atoms with Crippen LogP contribution in [0.15, 0.2) is 48.5 Å². The average Bonchev–Trinajstić information content (AvgIpc) is 2.93. The van der Waals surface area contributed by atoms with Gasteiger partial charge >= 0.3 is 0 Å². The molecule has 0 aliphatic heterocycles. The van der Waals surface area contributed by atoms with E-state index in [1.807, 2.05) is 49.4 Å². The van der Waals surface area contributed by atoms with Crippen molar-refractivity contribution in [1.82, 2.24) is 4.98 Å². The maximum Gasteiger partial charge on any atom is 0.167 e. The number of benzene rings is 2. The maximum atomic E-state index is 11.6. The van der Waals surface area contributed by atoms with E-state index in [0.717, 1.165) is 33.4 Å². The normalized spacial score (nSPS) is 13.9. The molecule has 2 aromatic carbocycles. The van der Waals surface area contributed by atoms with Crippen LogP contribution in [0.25, 0.3) is 10.9 Å². The van der Waals surface area contributed by atoms with Gasteiger partial charge in [0.15, 0.2) is 6.29 Å². The zero-order valence-electron chi connectivity index (χ0n) is 12.4. The van der Waals surface area contributed by atoms with Gasteiger partial charge in [0.2, 0.25) is 0 Å². The Kier molecular flexibility index (Phi) is 4.00. The molecule has 0 saturated carbocycles. The molecule has 1 unspecified atom stereocenters. The van der Waals surface area contributed by atoms with Gasteiger partial charge in [-0.1, -0.05) is 53.8 Å². The van der Waals surface area contributed by atoms with Crippen molar-refractivity contribution in [3.8, 4) is 0 Å². The smallest absolute Gasteiger partial charge is 0.167 e. The Labute approximate surface area is 134 Å². The molecule has 3 rings (SSSR count). The van der Waals surface area contributed by atoms with E-state index in [9.17, 15) is 4.79 Å². The molecular formula is C17H16NO2PS. The van der Waals surface area contributed by atoms with Crippen LogP contribution in [0, 0.1) is 6.92 Å². The fraction of sp³-hybridized carbons (Fsp3) is 0.118. The molecule has 0 aliphatic carbocycles. The van der Waals surface area contributed by atoms with Gasteiger partial charge in [0, 0.05) is 23.3 Å². The van der Waals surface area contributed by atoms with Crippen molar-refractivity contribution >= 4 is 45.9 Å². The molecule has 1 heterocycles. The SMILES string of the molecule is COP(=S)(c1ccccc1)c1c(C=O)[nH]c2ccc(C)cc12. The number of H-pyrrole nitrogens is 1. The van der Waals surface area contributed by atoms with Crippen molar-refractivity contribution in [1.29, 1.82) is 0 Å². The number of hydrogen-bond donors (Lipinski definition) is 1. The highest BCUT2D eigenvalue weighted by Crippen LogP contribution is 2.47. The molecular weight excluding hydrogens is 313 g/mol. The van der Waals surface area contributed by atoms with Gasteiger partial charge in [-0.3, -0.25) is 4.79 Å². The van der Waals surface area contributed by atoms with E-state index in [1.165, 1.54) is 0 Å². The summed E-state index contributed by atoms with van der Waals surface area (Å²) in [5, 5.41) is 2.72. The lowest BCUT2D eigenvalue weighted by Gasteiger charge is -2.21. The van der Waals surface area contributed by atoms with Crippen LogP contribution in [0.1, 0.15) is 16.1 Å². The van der Waals surface area contributed by atoms with Gasteiger partial charge in [-0.05, 0) is 19.1 Å². The third kappa shape index (κ3) is 2.34. The Bertz CT molecular complexity index is 886. The zero-order chi connectivity index (χ0) is 15.7. The fourth-order valence-corrected chi connectivity index (χ4v) is 5.76. The van der Waals surface area contributed by atoms with Gasteiger partial charge in [-0.25, -0.2) is 0 Å². The molecule has 0 saturated heterocycles. The Morgan fingerprint density at radius 1 is 1.18 bits per heavy atom. The van der Waals surface area contributed by atoms with Gasteiger partial charge in [-0.2, -0.15) is 0 Å². The van der Waals surface area contributed by atoms with Crippen LogP contribution in [0.4, 0.5) is 0 Å². The van der Waals surface area contributed by atoms with E-state index in [2.05, 4.69) is 11.1 Å². The fourth-order valence-electron chi connectivity index (χ4n) is 2.66. The molecule has 1 atom stereocenters. The van der Waals surface area contributed by atoms with Crippen molar-refractivity contribution < 1.29 is 9.32 Å². The quantitative estimate of drug-likeness (QED) is 0.590.